The number of nitrogens with two attached hydrogens (primary N) is 1. The molecule has 3 heterocycles. The zero-order valence-electron chi connectivity index (χ0n) is 16.4. The smallest absolute Gasteiger partial charge is 0.254 e. The van der Waals surface area contributed by atoms with Crippen LogP contribution in [0.3, 0.4) is 0 Å². The highest BCUT2D eigenvalue weighted by atomic mass is 16.5. The Labute approximate surface area is 169 Å². The van der Waals surface area contributed by atoms with Gasteiger partial charge in [0.05, 0.1) is 17.3 Å². The number of aromatic nitrogens is 2. The Morgan fingerprint density at radius 1 is 1.31 bits per heavy atom. The van der Waals surface area contributed by atoms with Crippen molar-refractivity contribution >= 4 is 29.0 Å². The SMILES string of the molecule is CN1CCN2c3ccc(Nc4ncc(C(N)=O)c(NC5CC5)n4)cc3OC[C@@H]2C1. The lowest BCUT2D eigenvalue weighted by molar-refractivity contribution is 0.100. The third-order valence-electron chi connectivity index (χ3n) is 5.61. The van der Waals surface area contributed by atoms with E-state index >= 15 is 0 Å². The Kier molecular flexibility index (Phi) is 4.39. The van der Waals surface area contributed by atoms with Crippen LogP contribution in [-0.2, 0) is 0 Å². The van der Waals surface area contributed by atoms with Crippen molar-refractivity contribution in [2.24, 2.45) is 5.73 Å². The average Bonchev–Trinajstić information content (AvgIpc) is 3.51. The number of fused-ring (bicyclic) bond motifs is 3. The molecule has 3 aliphatic rings. The van der Waals surface area contributed by atoms with Crippen molar-refractivity contribution in [3.63, 3.8) is 0 Å². The highest BCUT2D eigenvalue weighted by molar-refractivity contribution is 5.97. The van der Waals surface area contributed by atoms with Crippen molar-refractivity contribution in [1.82, 2.24) is 14.9 Å². The van der Waals surface area contributed by atoms with Crippen LogP contribution < -0.4 is 26.0 Å². The maximum absolute atomic E-state index is 11.6. The summed E-state index contributed by atoms with van der Waals surface area (Å²) < 4.78 is 6.03. The summed E-state index contributed by atoms with van der Waals surface area (Å²) in [5.41, 5.74) is 7.71. The number of amides is 1. The van der Waals surface area contributed by atoms with Gasteiger partial charge in [0.25, 0.3) is 5.91 Å². The molecule has 0 spiro atoms. The molecule has 2 aromatic rings. The van der Waals surface area contributed by atoms with Crippen LogP contribution in [0.25, 0.3) is 0 Å². The highest BCUT2D eigenvalue weighted by Gasteiger charge is 2.31. The van der Waals surface area contributed by atoms with E-state index in [9.17, 15) is 4.79 Å². The fourth-order valence-corrected chi connectivity index (χ4v) is 3.88. The molecule has 1 aromatic heterocycles. The van der Waals surface area contributed by atoms with Crippen molar-refractivity contribution in [2.45, 2.75) is 24.9 Å². The number of rotatable bonds is 5. The summed E-state index contributed by atoms with van der Waals surface area (Å²) in [5, 5.41) is 6.46. The molecule has 1 saturated heterocycles. The van der Waals surface area contributed by atoms with Gasteiger partial charge in [-0.1, -0.05) is 0 Å². The van der Waals surface area contributed by atoms with E-state index in [4.69, 9.17) is 10.5 Å². The molecule has 9 heteroatoms. The number of hydrogen-bond donors (Lipinski definition) is 3. The summed E-state index contributed by atoms with van der Waals surface area (Å²) in [6.07, 6.45) is 3.60. The van der Waals surface area contributed by atoms with Crippen LogP contribution in [-0.4, -0.2) is 66.1 Å². The molecule has 0 radical (unpaired) electrons. The second-order valence-electron chi connectivity index (χ2n) is 7.97. The minimum absolute atomic E-state index is 0.303. The Bertz CT molecular complexity index is 946. The normalized spacial score (nSPS) is 21.0. The number of ether oxygens (including phenoxy) is 1. The van der Waals surface area contributed by atoms with Crippen LogP contribution in [0.15, 0.2) is 24.4 Å². The van der Waals surface area contributed by atoms with Crippen molar-refractivity contribution in [1.29, 1.82) is 0 Å². The minimum Gasteiger partial charge on any atom is -0.489 e. The molecule has 1 aliphatic carbocycles. The van der Waals surface area contributed by atoms with Crippen molar-refractivity contribution in [2.75, 3.05) is 48.8 Å². The molecule has 2 fully saturated rings. The van der Waals surface area contributed by atoms with Gasteiger partial charge in [0.15, 0.2) is 0 Å². The molecule has 9 nitrogen and oxygen atoms in total. The van der Waals surface area contributed by atoms with Crippen LogP contribution in [0.4, 0.5) is 23.1 Å². The summed E-state index contributed by atoms with van der Waals surface area (Å²) in [6.45, 7) is 3.74. The van der Waals surface area contributed by atoms with Crippen molar-refractivity contribution < 1.29 is 9.53 Å². The summed E-state index contributed by atoms with van der Waals surface area (Å²) in [7, 11) is 2.15. The van der Waals surface area contributed by atoms with E-state index in [2.05, 4.69) is 43.5 Å². The molecule has 4 N–H and O–H groups in total. The molecule has 2 aliphatic heterocycles. The van der Waals surface area contributed by atoms with Crippen LogP contribution >= 0.6 is 0 Å². The predicted molar refractivity (Wildman–Crippen MR) is 111 cm³/mol. The number of nitrogens with zero attached hydrogens (tertiary/aromatic N) is 4. The predicted octanol–water partition coefficient (Wildman–Crippen LogP) is 1.41. The Morgan fingerprint density at radius 3 is 2.97 bits per heavy atom. The number of piperazine rings is 1. The van der Waals surface area contributed by atoms with Gasteiger partial charge < -0.3 is 30.9 Å². The molecule has 1 saturated carbocycles. The summed E-state index contributed by atoms with van der Waals surface area (Å²) in [6, 6.07) is 6.80. The lowest BCUT2D eigenvalue weighted by Gasteiger charge is -2.44. The maximum Gasteiger partial charge on any atom is 0.254 e. The molecule has 1 atom stereocenters. The van der Waals surface area contributed by atoms with E-state index < -0.39 is 5.91 Å². The second kappa shape index (κ2) is 7.07. The van der Waals surface area contributed by atoms with E-state index in [1.165, 1.54) is 6.20 Å². The highest BCUT2D eigenvalue weighted by Crippen LogP contribution is 2.37. The molecular formula is C20H25N7O2. The fourth-order valence-electron chi connectivity index (χ4n) is 3.88. The zero-order valence-corrected chi connectivity index (χ0v) is 16.4. The van der Waals surface area contributed by atoms with Crippen LogP contribution in [0, 0.1) is 0 Å². The monoisotopic (exact) mass is 395 g/mol. The first-order valence-electron chi connectivity index (χ1n) is 9.99. The number of nitrogens with one attached hydrogen (secondary N) is 2. The number of anilines is 4. The minimum atomic E-state index is -0.538. The molecule has 29 heavy (non-hydrogen) atoms. The first-order valence-corrected chi connectivity index (χ1v) is 9.99. The zero-order chi connectivity index (χ0) is 20.0. The standard InChI is InChI=1S/C20H25N7O2/c1-26-6-7-27-14(10-26)11-29-17-8-13(4-5-16(17)27)24-20-22-9-15(18(21)28)19(25-20)23-12-2-3-12/h4-5,8-9,12,14H,2-3,6-7,10-11H2,1H3,(H2,21,28)(H2,22,23,24,25)/t14-/m0/s1. The van der Waals surface area contributed by atoms with Crippen molar-refractivity contribution in [3.05, 3.63) is 30.0 Å². The molecule has 0 bridgehead atoms. The molecular weight excluding hydrogens is 370 g/mol. The van der Waals surface area contributed by atoms with Gasteiger partial charge in [-0.3, -0.25) is 4.79 Å². The quantitative estimate of drug-likeness (QED) is 0.697. The number of carbonyl (C=O) groups excluding carboxylic acids is 1. The van der Waals surface area contributed by atoms with Gasteiger partial charge in [-0.05, 0) is 32.0 Å². The van der Waals surface area contributed by atoms with E-state index in [-0.39, 0.29) is 0 Å². The van der Waals surface area contributed by atoms with Gasteiger partial charge in [0.1, 0.15) is 18.2 Å². The first-order chi connectivity index (χ1) is 14.1. The average molecular weight is 395 g/mol. The molecule has 0 unspecified atom stereocenters. The van der Waals surface area contributed by atoms with Gasteiger partial charge in [-0.2, -0.15) is 4.98 Å². The van der Waals surface area contributed by atoms with E-state index in [1.807, 2.05) is 12.1 Å². The Balaban J connectivity index is 1.37. The third-order valence-corrected chi connectivity index (χ3v) is 5.61. The topological polar surface area (TPSA) is 109 Å². The second-order valence-corrected chi connectivity index (χ2v) is 7.97. The summed E-state index contributed by atoms with van der Waals surface area (Å²) in [5.74, 6) is 1.21. The number of benzene rings is 1. The van der Waals surface area contributed by atoms with Gasteiger partial charge in [0, 0.05) is 43.6 Å². The summed E-state index contributed by atoms with van der Waals surface area (Å²) >= 11 is 0. The van der Waals surface area contributed by atoms with Crippen LogP contribution in [0.2, 0.25) is 0 Å². The number of likely N-dealkylation sites (N-methyl/N-ethyl adjacent to an activating group) is 1. The van der Waals surface area contributed by atoms with Crippen LogP contribution in [0.1, 0.15) is 23.2 Å². The van der Waals surface area contributed by atoms with E-state index in [1.54, 1.807) is 0 Å². The summed E-state index contributed by atoms with van der Waals surface area (Å²) in [4.78, 5) is 25.1. The first kappa shape index (κ1) is 18.0. The Hall–Kier alpha value is -3.07. The van der Waals surface area contributed by atoms with Crippen LogP contribution in [0.5, 0.6) is 5.75 Å². The number of carbonyl (C=O) groups is 1. The lowest BCUT2D eigenvalue weighted by atomic mass is 10.1. The molecule has 1 aromatic carbocycles. The van der Waals surface area contributed by atoms with E-state index in [0.717, 1.165) is 49.6 Å². The van der Waals surface area contributed by atoms with Crippen molar-refractivity contribution in [3.8, 4) is 5.75 Å². The largest absolute Gasteiger partial charge is 0.489 e. The maximum atomic E-state index is 11.6. The fraction of sp³-hybridized carbons (Fsp3) is 0.450. The molecule has 152 valence electrons. The van der Waals surface area contributed by atoms with Gasteiger partial charge >= 0.3 is 0 Å². The van der Waals surface area contributed by atoms with E-state index in [0.29, 0.717) is 36.0 Å². The molecule has 5 rings (SSSR count). The molecule has 1 amide bonds. The third kappa shape index (κ3) is 3.65. The van der Waals surface area contributed by atoms with Gasteiger partial charge in [-0.25, -0.2) is 4.98 Å². The van der Waals surface area contributed by atoms with Gasteiger partial charge in [0.2, 0.25) is 5.95 Å². The number of primary amides is 1. The number of hydrogen-bond acceptors (Lipinski definition) is 8. The lowest BCUT2D eigenvalue weighted by Crippen LogP contribution is -2.56. The Morgan fingerprint density at radius 2 is 2.17 bits per heavy atom. The van der Waals surface area contributed by atoms with Gasteiger partial charge in [-0.15, -0.1) is 0 Å².